The molecule has 4 atom stereocenters. The van der Waals surface area contributed by atoms with Crippen molar-refractivity contribution in [2.75, 3.05) is 12.3 Å². The lowest BCUT2D eigenvalue weighted by Gasteiger charge is -2.25. The van der Waals surface area contributed by atoms with E-state index >= 15 is 0 Å². The first-order valence-corrected chi connectivity index (χ1v) is 10.4. The van der Waals surface area contributed by atoms with E-state index < -0.39 is 47.9 Å². The maximum Gasteiger partial charge on any atom is 0.325 e. The lowest BCUT2D eigenvalue weighted by molar-refractivity contribution is -0.141. The van der Waals surface area contributed by atoms with Crippen molar-refractivity contribution in [3.8, 4) is 0 Å². The fourth-order valence-corrected chi connectivity index (χ4v) is 2.72. The molecule has 0 bridgehead atoms. The van der Waals surface area contributed by atoms with Gasteiger partial charge in [-0.05, 0) is 38.6 Å². The fourth-order valence-electron chi connectivity index (χ4n) is 2.46. The van der Waals surface area contributed by atoms with E-state index in [2.05, 4.69) is 28.6 Å². The minimum Gasteiger partial charge on any atom is -0.480 e. The average Bonchev–Trinajstić information content (AvgIpc) is 2.64. The van der Waals surface area contributed by atoms with Crippen LogP contribution in [-0.2, 0) is 19.2 Å². The monoisotopic (exact) mass is 433 g/mol. The molecule has 0 saturated carbocycles. The van der Waals surface area contributed by atoms with E-state index in [9.17, 15) is 19.2 Å². The van der Waals surface area contributed by atoms with Crippen LogP contribution in [0.4, 0.5) is 0 Å². The fraction of sp³-hybridized carbons (Fsp3) is 0.778. The van der Waals surface area contributed by atoms with Gasteiger partial charge in [-0.2, -0.15) is 12.6 Å². The Morgan fingerprint density at radius 2 is 1.48 bits per heavy atom. The van der Waals surface area contributed by atoms with Crippen molar-refractivity contribution in [2.45, 2.75) is 70.6 Å². The summed E-state index contributed by atoms with van der Waals surface area (Å²) >= 11 is 4.10. The van der Waals surface area contributed by atoms with Gasteiger partial charge in [0.05, 0.1) is 6.04 Å². The van der Waals surface area contributed by atoms with Crippen LogP contribution in [0.15, 0.2) is 0 Å². The molecule has 0 radical (unpaired) electrons. The number of thiol groups is 1. The maximum absolute atomic E-state index is 12.6. The van der Waals surface area contributed by atoms with Gasteiger partial charge in [-0.25, -0.2) is 0 Å². The number of carboxylic acid groups (broad SMARTS) is 1. The Bertz CT molecular complexity index is 561. The highest BCUT2D eigenvalue weighted by molar-refractivity contribution is 7.80. The van der Waals surface area contributed by atoms with Crippen molar-refractivity contribution in [3.63, 3.8) is 0 Å². The van der Waals surface area contributed by atoms with Gasteiger partial charge in [-0.1, -0.05) is 20.3 Å². The summed E-state index contributed by atoms with van der Waals surface area (Å²) in [5.41, 5.74) is 11.2. The van der Waals surface area contributed by atoms with Gasteiger partial charge in [0.2, 0.25) is 17.7 Å². The average molecular weight is 434 g/mol. The summed E-state index contributed by atoms with van der Waals surface area (Å²) in [6.45, 7) is 5.57. The van der Waals surface area contributed by atoms with Gasteiger partial charge in [-0.15, -0.1) is 0 Å². The highest BCUT2D eigenvalue weighted by Gasteiger charge is 2.29. The molecule has 0 aliphatic carbocycles. The molecule has 0 spiro atoms. The van der Waals surface area contributed by atoms with Crippen molar-refractivity contribution in [3.05, 3.63) is 0 Å². The molecule has 0 rings (SSSR count). The first-order chi connectivity index (χ1) is 13.5. The molecule has 0 aromatic rings. The standard InChI is InChI=1S/C18H35N5O5S/c1-10(2)8-13(16(25)21-11(3)18(27)28)22-17(26)14(9-29)23-15(24)12(20)6-4-5-7-19/h10-14,29H,4-9,19-20H2,1-3H3,(H,21,25)(H,22,26)(H,23,24)(H,27,28). The maximum atomic E-state index is 12.6. The van der Waals surface area contributed by atoms with Crippen LogP contribution < -0.4 is 27.4 Å². The van der Waals surface area contributed by atoms with E-state index in [0.717, 1.165) is 6.42 Å². The molecule has 0 fully saturated rings. The number of carboxylic acids is 1. The van der Waals surface area contributed by atoms with E-state index in [4.69, 9.17) is 16.6 Å². The van der Waals surface area contributed by atoms with Crippen LogP contribution in [-0.4, -0.2) is 65.3 Å². The summed E-state index contributed by atoms with van der Waals surface area (Å²) in [6, 6.07) is -3.79. The van der Waals surface area contributed by atoms with Crippen molar-refractivity contribution < 1.29 is 24.3 Å². The van der Waals surface area contributed by atoms with E-state index in [1.807, 2.05) is 13.8 Å². The third kappa shape index (κ3) is 11.1. The second kappa shape index (κ2) is 14.2. The quantitative estimate of drug-likeness (QED) is 0.135. The Morgan fingerprint density at radius 1 is 0.931 bits per heavy atom. The van der Waals surface area contributed by atoms with Crippen molar-refractivity contribution in [1.29, 1.82) is 0 Å². The highest BCUT2D eigenvalue weighted by Crippen LogP contribution is 2.07. The van der Waals surface area contributed by atoms with Crippen molar-refractivity contribution in [1.82, 2.24) is 16.0 Å². The third-order valence-electron chi connectivity index (χ3n) is 4.19. The second-order valence-corrected chi connectivity index (χ2v) is 7.76. The SMILES string of the molecule is CC(C)CC(NC(=O)C(CS)NC(=O)C(N)CCCCN)C(=O)NC(C)C(=O)O. The van der Waals surface area contributed by atoms with Crippen LogP contribution in [0, 0.1) is 5.92 Å². The molecule has 168 valence electrons. The summed E-state index contributed by atoms with van der Waals surface area (Å²) in [5, 5.41) is 16.4. The largest absolute Gasteiger partial charge is 0.480 e. The summed E-state index contributed by atoms with van der Waals surface area (Å²) in [6.07, 6.45) is 2.19. The highest BCUT2D eigenvalue weighted by atomic mass is 32.1. The predicted octanol–water partition coefficient (Wildman–Crippen LogP) is -1.02. The summed E-state index contributed by atoms with van der Waals surface area (Å²) < 4.78 is 0. The number of rotatable bonds is 14. The summed E-state index contributed by atoms with van der Waals surface area (Å²) in [4.78, 5) is 48.1. The number of nitrogens with one attached hydrogen (secondary N) is 3. The lowest BCUT2D eigenvalue weighted by Crippen LogP contribution is -2.57. The van der Waals surface area contributed by atoms with E-state index in [1.165, 1.54) is 6.92 Å². The number of carbonyl (C=O) groups excluding carboxylic acids is 3. The number of hydrogen-bond acceptors (Lipinski definition) is 7. The smallest absolute Gasteiger partial charge is 0.325 e. The minimum atomic E-state index is -1.18. The van der Waals surface area contributed by atoms with Crippen LogP contribution in [0.3, 0.4) is 0 Å². The molecule has 0 aliphatic rings. The van der Waals surface area contributed by atoms with E-state index in [-0.39, 0.29) is 11.7 Å². The molecule has 10 nitrogen and oxygen atoms in total. The zero-order chi connectivity index (χ0) is 22.6. The van der Waals surface area contributed by atoms with Gasteiger partial charge in [0.25, 0.3) is 0 Å². The molecule has 0 saturated heterocycles. The van der Waals surface area contributed by atoms with Crippen molar-refractivity contribution >= 4 is 36.3 Å². The number of unbranched alkanes of at least 4 members (excludes halogenated alkanes) is 1. The number of amides is 3. The molecule has 0 aromatic carbocycles. The molecule has 0 aliphatic heterocycles. The number of hydrogen-bond donors (Lipinski definition) is 7. The molecule has 8 N–H and O–H groups in total. The molecule has 0 heterocycles. The van der Waals surface area contributed by atoms with Crippen LogP contribution in [0.2, 0.25) is 0 Å². The predicted molar refractivity (Wildman–Crippen MR) is 113 cm³/mol. The molecular weight excluding hydrogens is 398 g/mol. The first kappa shape index (κ1) is 27.1. The van der Waals surface area contributed by atoms with Gasteiger partial charge < -0.3 is 32.5 Å². The van der Waals surface area contributed by atoms with Crippen LogP contribution >= 0.6 is 12.6 Å². The topological polar surface area (TPSA) is 177 Å². The third-order valence-corrected chi connectivity index (χ3v) is 4.56. The number of carbonyl (C=O) groups is 4. The summed E-state index contributed by atoms with van der Waals surface area (Å²) in [7, 11) is 0. The Morgan fingerprint density at radius 3 is 1.97 bits per heavy atom. The minimum absolute atomic E-state index is 0.00857. The Labute approximate surface area is 177 Å². The van der Waals surface area contributed by atoms with Gasteiger partial charge in [0.15, 0.2) is 0 Å². The van der Waals surface area contributed by atoms with Crippen LogP contribution in [0.1, 0.15) is 46.5 Å². The van der Waals surface area contributed by atoms with Crippen molar-refractivity contribution in [2.24, 2.45) is 17.4 Å². The van der Waals surface area contributed by atoms with E-state index in [0.29, 0.717) is 25.8 Å². The zero-order valence-corrected chi connectivity index (χ0v) is 18.2. The molecule has 11 heteroatoms. The molecule has 3 amide bonds. The Hall–Kier alpha value is -1.85. The first-order valence-electron chi connectivity index (χ1n) is 9.73. The number of aliphatic carboxylic acids is 1. The Kier molecular flexibility index (Phi) is 13.3. The van der Waals surface area contributed by atoms with Gasteiger partial charge in [0, 0.05) is 5.75 Å². The Balaban J connectivity index is 4.98. The normalized spacial score (nSPS) is 15.1. The molecule has 0 aromatic heterocycles. The molecule has 29 heavy (non-hydrogen) atoms. The second-order valence-electron chi connectivity index (χ2n) is 7.39. The van der Waals surface area contributed by atoms with Gasteiger partial charge in [0.1, 0.15) is 18.1 Å². The van der Waals surface area contributed by atoms with Crippen LogP contribution in [0.5, 0.6) is 0 Å². The van der Waals surface area contributed by atoms with Crippen LogP contribution in [0.25, 0.3) is 0 Å². The lowest BCUT2D eigenvalue weighted by atomic mass is 10.0. The zero-order valence-electron chi connectivity index (χ0n) is 17.3. The number of nitrogens with two attached hydrogens (primary N) is 2. The van der Waals surface area contributed by atoms with Gasteiger partial charge in [-0.3, -0.25) is 19.2 Å². The molecule has 4 unspecified atom stereocenters. The molecular formula is C18H35N5O5S. The summed E-state index contributed by atoms with van der Waals surface area (Å²) in [5.74, 6) is -2.80. The van der Waals surface area contributed by atoms with Gasteiger partial charge >= 0.3 is 5.97 Å². The van der Waals surface area contributed by atoms with E-state index in [1.54, 1.807) is 0 Å².